The predicted molar refractivity (Wildman–Crippen MR) is 76.7 cm³/mol. The fourth-order valence-electron chi connectivity index (χ4n) is 2.08. The topological polar surface area (TPSA) is 48.3 Å². The van der Waals surface area contributed by atoms with E-state index in [1.54, 1.807) is 18.2 Å². The first-order chi connectivity index (χ1) is 10.2. The van der Waals surface area contributed by atoms with Crippen molar-refractivity contribution in [1.82, 2.24) is 4.57 Å². The number of carbonyl (C=O) groups is 2. The van der Waals surface area contributed by atoms with Gasteiger partial charge in [0.25, 0.3) is 5.78 Å². The zero-order chi connectivity index (χ0) is 16.5. The molecule has 0 aliphatic carbocycles. The highest BCUT2D eigenvalue weighted by Crippen LogP contribution is 2.28. The molecule has 0 saturated carbocycles. The molecule has 0 aliphatic heterocycles. The molecule has 1 aromatic carbocycles. The van der Waals surface area contributed by atoms with Crippen LogP contribution in [0.4, 0.5) is 13.2 Å². The van der Waals surface area contributed by atoms with E-state index in [9.17, 15) is 22.8 Å². The number of ether oxygens (including phenoxy) is 1. The third-order valence-corrected chi connectivity index (χ3v) is 3.59. The number of methoxy groups -OCH3 is 1. The number of carbonyl (C=O) groups excluding carboxylic acids is 2. The number of rotatable bonds is 4. The van der Waals surface area contributed by atoms with Gasteiger partial charge in [0.2, 0.25) is 0 Å². The second-order valence-corrected chi connectivity index (χ2v) is 5.50. The van der Waals surface area contributed by atoms with E-state index >= 15 is 0 Å². The van der Waals surface area contributed by atoms with Crippen LogP contribution in [0.3, 0.4) is 0 Å². The average Bonchev–Trinajstić information content (AvgIpc) is 2.80. The zero-order valence-corrected chi connectivity index (χ0v) is 13.0. The van der Waals surface area contributed by atoms with Crippen LogP contribution in [0, 0.1) is 0 Å². The number of esters is 1. The molecule has 0 radical (unpaired) electrons. The SMILES string of the molecule is COC(=O)C(=O)c1cn(CCC(F)(F)F)c2cc(Br)ccc12. The molecular weight excluding hydrogens is 367 g/mol. The molecule has 1 heterocycles. The van der Waals surface area contributed by atoms with Gasteiger partial charge in [0.15, 0.2) is 0 Å². The number of hydrogen-bond donors (Lipinski definition) is 0. The summed E-state index contributed by atoms with van der Waals surface area (Å²) in [6, 6.07) is 4.81. The summed E-state index contributed by atoms with van der Waals surface area (Å²) in [5.41, 5.74) is 0.461. The summed E-state index contributed by atoms with van der Waals surface area (Å²) in [6.07, 6.45) is -4.09. The molecule has 0 aliphatic rings. The van der Waals surface area contributed by atoms with Crippen molar-refractivity contribution < 1.29 is 27.5 Å². The minimum atomic E-state index is -4.31. The van der Waals surface area contributed by atoms with Gasteiger partial charge in [-0.05, 0) is 12.1 Å². The van der Waals surface area contributed by atoms with Gasteiger partial charge < -0.3 is 9.30 Å². The number of aryl methyl sites for hydroxylation is 1. The van der Waals surface area contributed by atoms with Crippen LogP contribution in [-0.4, -0.2) is 29.6 Å². The van der Waals surface area contributed by atoms with Gasteiger partial charge in [-0.3, -0.25) is 4.79 Å². The Labute approximate surface area is 132 Å². The van der Waals surface area contributed by atoms with Crippen LogP contribution in [-0.2, 0) is 16.1 Å². The largest absolute Gasteiger partial charge is 0.463 e. The van der Waals surface area contributed by atoms with Crippen LogP contribution < -0.4 is 0 Å². The van der Waals surface area contributed by atoms with Crippen molar-refractivity contribution in [2.75, 3.05) is 7.11 Å². The van der Waals surface area contributed by atoms with Gasteiger partial charge in [-0.2, -0.15) is 13.2 Å². The number of ketones is 1. The summed E-state index contributed by atoms with van der Waals surface area (Å²) in [7, 11) is 1.07. The number of Topliss-reactive ketones (excluding diaryl/α,β-unsaturated/α-hetero) is 1. The number of aromatic nitrogens is 1. The van der Waals surface area contributed by atoms with E-state index in [0.29, 0.717) is 15.4 Å². The van der Waals surface area contributed by atoms with Crippen molar-refractivity contribution in [2.45, 2.75) is 19.1 Å². The maximum Gasteiger partial charge on any atom is 0.390 e. The first kappa shape index (κ1) is 16.5. The fraction of sp³-hybridized carbons (Fsp3) is 0.286. The van der Waals surface area contributed by atoms with E-state index < -0.39 is 24.3 Å². The van der Waals surface area contributed by atoms with E-state index in [4.69, 9.17) is 0 Å². The van der Waals surface area contributed by atoms with Crippen molar-refractivity contribution in [2.24, 2.45) is 0 Å². The molecule has 0 saturated heterocycles. The lowest BCUT2D eigenvalue weighted by Gasteiger charge is -2.08. The van der Waals surface area contributed by atoms with E-state index in [-0.39, 0.29) is 12.1 Å². The van der Waals surface area contributed by atoms with Gasteiger partial charge in [-0.1, -0.05) is 22.0 Å². The Balaban J connectivity index is 2.50. The predicted octanol–water partition coefficient (Wildman–Crippen LogP) is 3.71. The van der Waals surface area contributed by atoms with Crippen molar-refractivity contribution in [1.29, 1.82) is 0 Å². The van der Waals surface area contributed by atoms with Crippen LogP contribution in [0.15, 0.2) is 28.9 Å². The van der Waals surface area contributed by atoms with Crippen LogP contribution in [0.1, 0.15) is 16.8 Å². The Hall–Kier alpha value is -1.83. The quantitative estimate of drug-likeness (QED) is 0.463. The number of nitrogens with zero attached hydrogens (tertiary/aromatic N) is 1. The van der Waals surface area contributed by atoms with Crippen molar-refractivity contribution in [3.63, 3.8) is 0 Å². The smallest absolute Gasteiger partial charge is 0.390 e. The van der Waals surface area contributed by atoms with E-state index in [0.717, 1.165) is 7.11 Å². The summed E-state index contributed by atoms with van der Waals surface area (Å²) < 4.78 is 43.6. The second kappa shape index (κ2) is 6.12. The van der Waals surface area contributed by atoms with E-state index in [1.165, 1.54) is 10.8 Å². The molecule has 0 fully saturated rings. The summed E-state index contributed by atoms with van der Waals surface area (Å²) in [4.78, 5) is 23.3. The Morgan fingerprint density at radius 3 is 2.59 bits per heavy atom. The van der Waals surface area contributed by atoms with Crippen molar-refractivity contribution in [3.8, 4) is 0 Å². The van der Waals surface area contributed by atoms with Gasteiger partial charge in [0.1, 0.15) is 0 Å². The molecule has 0 amide bonds. The minimum Gasteiger partial charge on any atom is -0.463 e. The number of benzene rings is 1. The van der Waals surface area contributed by atoms with Crippen LogP contribution in [0.25, 0.3) is 10.9 Å². The summed E-state index contributed by atoms with van der Waals surface area (Å²) in [5.74, 6) is -1.95. The summed E-state index contributed by atoms with van der Waals surface area (Å²) >= 11 is 3.23. The number of hydrogen-bond acceptors (Lipinski definition) is 3. The second-order valence-electron chi connectivity index (χ2n) is 4.58. The lowest BCUT2D eigenvalue weighted by molar-refractivity contribution is -0.137. The molecule has 0 unspecified atom stereocenters. The molecule has 4 nitrogen and oxygen atoms in total. The molecule has 0 spiro atoms. The highest BCUT2D eigenvalue weighted by Gasteiger charge is 2.28. The average molecular weight is 378 g/mol. The summed E-state index contributed by atoms with van der Waals surface area (Å²) in [6.45, 7) is -0.342. The van der Waals surface area contributed by atoms with Crippen LogP contribution in [0.2, 0.25) is 0 Å². The molecule has 1 aromatic heterocycles. The minimum absolute atomic E-state index is 0.0246. The van der Waals surface area contributed by atoms with Gasteiger partial charge in [0, 0.05) is 28.1 Å². The first-order valence-electron chi connectivity index (χ1n) is 6.20. The molecule has 8 heteroatoms. The zero-order valence-electron chi connectivity index (χ0n) is 11.4. The molecule has 0 N–H and O–H groups in total. The highest BCUT2D eigenvalue weighted by atomic mass is 79.9. The molecule has 118 valence electrons. The van der Waals surface area contributed by atoms with Gasteiger partial charge >= 0.3 is 12.1 Å². The molecule has 2 rings (SSSR count). The van der Waals surface area contributed by atoms with Gasteiger partial charge in [-0.25, -0.2) is 4.79 Å². The molecule has 0 atom stereocenters. The lowest BCUT2D eigenvalue weighted by atomic mass is 10.1. The Morgan fingerprint density at radius 1 is 1.32 bits per heavy atom. The maximum absolute atomic E-state index is 12.4. The lowest BCUT2D eigenvalue weighted by Crippen LogP contribution is -2.15. The molecular formula is C14H11BrF3NO3. The monoisotopic (exact) mass is 377 g/mol. The number of fused-ring (bicyclic) bond motifs is 1. The standard InChI is InChI=1S/C14H11BrF3NO3/c1-22-13(21)12(20)10-7-19(5-4-14(16,17)18)11-6-8(15)2-3-9(10)11/h2-3,6-7H,4-5H2,1H3. The highest BCUT2D eigenvalue weighted by molar-refractivity contribution is 9.10. The Bertz CT molecular complexity index is 737. The number of halogens is 4. The number of alkyl halides is 3. The van der Waals surface area contributed by atoms with Crippen molar-refractivity contribution in [3.05, 3.63) is 34.4 Å². The van der Waals surface area contributed by atoms with Crippen molar-refractivity contribution >= 4 is 38.6 Å². The van der Waals surface area contributed by atoms with Crippen LogP contribution >= 0.6 is 15.9 Å². The molecule has 22 heavy (non-hydrogen) atoms. The fourth-order valence-corrected chi connectivity index (χ4v) is 2.43. The van der Waals surface area contributed by atoms with Gasteiger partial charge in [-0.15, -0.1) is 0 Å². The summed E-state index contributed by atoms with van der Waals surface area (Å²) in [5, 5.41) is 0.403. The van der Waals surface area contributed by atoms with Crippen LogP contribution in [0.5, 0.6) is 0 Å². The van der Waals surface area contributed by atoms with E-state index in [1.807, 2.05) is 0 Å². The van der Waals surface area contributed by atoms with Gasteiger partial charge in [0.05, 0.1) is 19.1 Å². The molecule has 2 aromatic rings. The Morgan fingerprint density at radius 2 is 2.00 bits per heavy atom. The van der Waals surface area contributed by atoms with E-state index in [2.05, 4.69) is 20.7 Å². The third-order valence-electron chi connectivity index (χ3n) is 3.10. The Kier molecular flexibility index (Phi) is 4.60. The normalized spacial score (nSPS) is 11.7. The first-order valence-corrected chi connectivity index (χ1v) is 7.00. The maximum atomic E-state index is 12.4. The molecule has 0 bridgehead atoms. The third kappa shape index (κ3) is 3.49.